The average Bonchev–Trinajstić information content (AvgIpc) is 3.16. The molecule has 8 heteroatoms. The molecule has 28 heavy (non-hydrogen) atoms. The van der Waals surface area contributed by atoms with Gasteiger partial charge in [0.15, 0.2) is 0 Å². The third-order valence-corrected chi connectivity index (χ3v) is 7.32. The largest absolute Gasteiger partial charge is 0.493 e. The number of fused-ring (bicyclic) bond motifs is 1. The van der Waals surface area contributed by atoms with Crippen molar-refractivity contribution in [3.8, 4) is 5.75 Å². The van der Waals surface area contributed by atoms with Crippen molar-refractivity contribution < 1.29 is 17.9 Å². The van der Waals surface area contributed by atoms with Gasteiger partial charge in [0.1, 0.15) is 5.75 Å². The van der Waals surface area contributed by atoms with Gasteiger partial charge >= 0.3 is 0 Å². The molecular formula is C20H21ClN2O4S. The molecule has 0 aliphatic carbocycles. The Morgan fingerprint density at radius 1 is 1.04 bits per heavy atom. The fourth-order valence-corrected chi connectivity index (χ4v) is 5.09. The van der Waals surface area contributed by atoms with E-state index in [0.29, 0.717) is 31.1 Å². The van der Waals surface area contributed by atoms with Crippen LogP contribution in [0.4, 0.5) is 0 Å². The third kappa shape index (κ3) is 3.87. The van der Waals surface area contributed by atoms with Crippen LogP contribution in [0.15, 0.2) is 47.4 Å². The number of sulfonamides is 1. The molecule has 4 rings (SSSR count). The van der Waals surface area contributed by atoms with Gasteiger partial charge in [-0.05, 0) is 41.5 Å². The summed E-state index contributed by atoms with van der Waals surface area (Å²) >= 11 is 5.84. The summed E-state index contributed by atoms with van der Waals surface area (Å²) in [5.41, 5.74) is 2.10. The van der Waals surface area contributed by atoms with E-state index >= 15 is 0 Å². The number of amides is 1. The number of hydrogen-bond acceptors (Lipinski definition) is 4. The van der Waals surface area contributed by atoms with Crippen molar-refractivity contribution in [2.75, 3.05) is 32.8 Å². The van der Waals surface area contributed by atoms with E-state index in [1.54, 1.807) is 17.0 Å². The fraction of sp³-hybridized carbons (Fsp3) is 0.350. The van der Waals surface area contributed by atoms with Gasteiger partial charge < -0.3 is 9.64 Å². The van der Waals surface area contributed by atoms with Crippen LogP contribution in [0.25, 0.3) is 0 Å². The van der Waals surface area contributed by atoms with Crippen molar-refractivity contribution in [1.29, 1.82) is 0 Å². The molecule has 0 unspecified atom stereocenters. The zero-order valence-corrected chi connectivity index (χ0v) is 16.9. The van der Waals surface area contributed by atoms with Crippen molar-refractivity contribution in [1.82, 2.24) is 9.21 Å². The van der Waals surface area contributed by atoms with Crippen LogP contribution in [0.1, 0.15) is 11.1 Å². The highest BCUT2D eigenvalue weighted by Gasteiger charge is 2.30. The van der Waals surface area contributed by atoms with Crippen LogP contribution in [-0.2, 0) is 27.7 Å². The Kier molecular flexibility index (Phi) is 5.31. The van der Waals surface area contributed by atoms with Crippen molar-refractivity contribution in [3.63, 3.8) is 0 Å². The topological polar surface area (TPSA) is 66.9 Å². The van der Waals surface area contributed by atoms with E-state index in [-0.39, 0.29) is 23.9 Å². The summed E-state index contributed by atoms with van der Waals surface area (Å²) in [6, 6.07) is 12.1. The first-order valence-electron chi connectivity index (χ1n) is 9.21. The highest BCUT2D eigenvalue weighted by atomic mass is 35.5. The molecule has 2 heterocycles. The van der Waals surface area contributed by atoms with Gasteiger partial charge in [0.2, 0.25) is 15.9 Å². The highest BCUT2D eigenvalue weighted by molar-refractivity contribution is 7.89. The van der Waals surface area contributed by atoms with E-state index in [1.165, 1.54) is 22.0 Å². The van der Waals surface area contributed by atoms with Crippen molar-refractivity contribution in [2.45, 2.75) is 17.7 Å². The summed E-state index contributed by atoms with van der Waals surface area (Å²) in [4.78, 5) is 14.6. The summed E-state index contributed by atoms with van der Waals surface area (Å²) in [5.74, 6) is 0.866. The first kappa shape index (κ1) is 19.2. The lowest BCUT2D eigenvalue weighted by atomic mass is 10.1. The number of ether oxygens (including phenoxy) is 1. The number of piperazine rings is 1. The second-order valence-corrected chi connectivity index (χ2v) is 9.33. The Morgan fingerprint density at radius 2 is 1.75 bits per heavy atom. The van der Waals surface area contributed by atoms with Gasteiger partial charge in [0, 0.05) is 37.6 Å². The minimum Gasteiger partial charge on any atom is -0.493 e. The molecule has 0 saturated carbocycles. The number of carbonyl (C=O) groups excluding carboxylic acids is 1. The molecule has 1 amide bonds. The SMILES string of the molecule is O=C(Cc1ccc2c(c1)OCC2)N1CCN(S(=O)(=O)c2ccc(Cl)cc2)CC1. The van der Waals surface area contributed by atoms with Gasteiger partial charge in [-0.15, -0.1) is 0 Å². The van der Waals surface area contributed by atoms with Crippen LogP contribution >= 0.6 is 11.6 Å². The van der Waals surface area contributed by atoms with Gasteiger partial charge in [0.25, 0.3) is 0 Å². The van der Waals surface area contributed by atoms with E-state index in [1.807, 2.05) is 18.2 Å². The lowest BCUT2D eigenvalue weighted by Crippen LogP contribution is -2.50. The van der Waals surface area contributed by atoms with Gasteiger partial charge in [0.05, 0.1) is 17.9 Å². The first-order chi connectivity index (χ1) is 13.4. The van der Waals surface area contributed by atoms with Crippen LogP contribution in [0.2, 0.25) is 5.02 Å². The summed E-state index contributed by atoms with van der Waals surface area (Å²) in [6.45, 7) is 2.02. The molecule has 1 fully saturated rings. The number of hydrogen-bond donors (Lipinski definition) is 0. The molecule has 0 radical (unpaired) electrons. The minimum atomic E-state index is -3.57. The molecule has 0 bridgehead atoms. The van der Waals surface area contributed by atoms with E-state index in [9.17, 15) is 13.2 Å². The van der Waals surface area contributed by atoms with Gasteiger partial charge in [-0.3, -0.25) is 4.79 Å². The number of benzene rings is 2. The van der Waals surface area contributed by atoms with Gasteiger partial charge in [-0.1, -0.05) is 23.7 Å². The molecular weight excluding hydrogens is 400 g/mol. The van der Waals surface area contributed by atoms with Gasteiger partial charge in [-0.2, -0.15) is 4.31 Å². The molecule has 6 nitrogen and oxygen atoms in total. The second kappa shape index (κ2) is 7.73. The van der Waals surface area contributed by atoms with Crippen LogP contribution in [0, 0.1) is 0 Å². The number of nitrogens with zero attached hydrogens (tertiary/aromatic N) is 2. The first-order valence-corrected chi connectivity index (χ1v) is 11.0. The zero-order valence-electron chi connectivity index (χ0n) is 15.3. The number of carbonyl (C=O) groups is 1. The maximum absolute atomic E-state index is 12.7. The molecule has 2 aromatic rings. The van der Waals surface area contributed by atoms with E-state index in [4.69, 9.17) is 16.3 Å². The van der Waals surface area contributed by atoms with Crippen LogP contribution < -0.4 is 4.74 Å². The minimum absolute atomic E-state index is 0.00138. The highest BCUT2D eigenvalue weighted by Crippen LogP contribution is 2.26. The maximum Gasteiger partial charge on any atom is 0.243 e. The van der Waals surface area contributed by atoms with Gasteiger partial charge in [-0.25, -0.2) is 8.42 Å². The maximum atomic E-state index is 12.7. The van der Waals surface area contributed by atoms with Crippen LogP contribution in [-0.4, -0.2) is 56.3 Å². The molecule has 2 aliphatic rings. The molecule has 1 saturated heterocycles. The van der Waals surface area contributed by atoms with Crippen molar-refractivity contribution >= 4 is 27.5 Å². The molecule has 2 aliphatic heterocycles. The predicted molar refractivity (Wildman–Crippen MR) is 106 cm³/mol. The number of halogens is 1. The smallest absolute Gasteiger partial charge is 0.243 e. The Hall–Kier alpha value is -2.09. The van der Waals surface area contributed by atoms with E-state index in [0.717, 1.165) is 17.7 Å². The quantitative estimate of drug-likeness (QED) is 0.761. The van der Waals surface area contributed by atoms with Crippen LogP contribution in [0.3, 0.4) is 0 Å². The Bertz CT molecular complexity index is 984. The molecule has 2 aromatic carbocycles. The Morgan fingerprint density at radius 3 is 2.46 bits per heavy atom. The predicted octanol–water partition coefficient (Wildman–Crippen LogP) is 2.35. The summed E-state index contributed by atoms with van der Waals surface area (Å²) in [5, 5.41) is 0.492. The fourth-order valence-electron chi connectivity index (χ4n) is 3.54. The lowest BCUT2D eigenvalue weighted by Gasteiger charge is -2.34. The normalized spacial score (nSPS) is 17.2. The van der Waals surface area contributed by atoms with Crippen molar-refractivity contribution in [2.24, 2.45) is 0 Å². The zero-order chi connectivity index (χ0) is 19.7. The van der Waals surface area contributed by atoms with Crippen molar-refractivity contribution in [3.05, 3.63) is 58.6 Å². The average molecular weight is 421 g/mol. The number of rotatable bonds is 4. The summed E-state index contributed by atoms with van der Waals surface area (Å²) in [6.07, 6.45) is 1.20. The standard InChI is InChI=1S/C20H21ClN2O4S/c21-17-3-5-18(6-4-17)28(25,26)23-10-8-22(9-11-23)20(24)14-15-1-2-16-7-12-27-19(16)13-15/h1-6,13H,7-12,14H2. The Balaban J connectivity index is 1.37. The molecule has 0 N–H and O–H groups in total. The van der Waals surface area contributed by atoms with E-state index in [2.05, 4.69) is 0 Å². The Labute approximate surface area is 169 Å². The molecule has 148 valence electrons. The van der Waals surface area contributed by atoms with Crippen LogP contribution in [0.5, 0.6) is 5.75 Å². The monoisotopic (exact) mass is 420 g/mol. The lowest BCUT2D eigenvalue weighted by molar-refractivity contribution is -0.131. The molecule has 0 atom stereocenters. The van der Waals surface area contributed by atoms with E-state index < -0.39 is 10.0 Å². The molecule has 0 spiro atoms. The second-order valence-electron chi connectivity index (χ2n) is 6.96. The summed E-state index contributed by atoms with van der Waals surface area (Å²) < 4.78 is 32.5. The molecule has 0 aromatic heterocycles. The summed E-state index contributed by atoms with van der Waals surface area (Å²) in [7, 11) is -3.57. The third-order valence-electron chi connectivity index (χ3n) is 5.16.